The van der Waals surface area contributed by atoms with Crippen LogP contribution in [-0.4, -0.2) is 52.8 Å². The van der Waals surface area contributed by atoms with E-state index in [-0.39, 0.29) is 5.25 Å². The summed E-state index contributed by atoms with van der Waals surface area (Å²) < 4.78 is 4.96. The molecule has 2 rings (SSSR count). The van der Waals surface area contributed by atoms with Gasteiger partial charge in [0.1, 0.15) is 6.04 Å². The quantitative estimate of drug-likeness (QED) is 0.483. The van der Waals surface area contributed by atoms with Crippen molar-refractivity contribution in [2.45, 2.75) is 24.0 Å². The molecule has 0 saturated carbocycles. The summed E-state index contributed by atoms with van der Waals surface area (Å²) in [4.78, 5) is 14.3. The zero-order chi connectivity index (χ0) is 17.7. The highest BCUT2D eigenvalue weighted by Gasteiger charge is 2.34. The molecule has 0 aliphatic carbocycles. The number of nitrogens with zero attached hydrogens (tertiary/aromatic N) is 1. The van der Waals surface area contributed by atoms with Gasteiger partial charge in [0.2, 0.25) is 0 Å². The molecule has 0 aromatic heterocycles. The summed E-state index contributed by atoms with van der Waals surface area (Å²) in [5, 5.41) is 19.0. The number of carbonyl (C=O) groups excluding carboxylic acids is 1. The third-order valence-corrected chi connectivity index (χ3v) is 5.21. The number of aliphatic hydroxyl groups is 2. The highest BCUT2D eigenvalue weighted by Crippen LogP contribution is 2.33. The van der Waals surface area contributed by atoms with Crippen LogP contribution in [-0.2, 0) is 9.53 Å². The van der Waals surface area contributed by atoms with Gasteiger partial charge in [0.25, 0.3) is 0 Å². The van der Waals surface area contributed by atoms with Crippen molar-refractivity contribution in [3.63, 3.8) is 0 Å². The Bertz CT molecular complexity index is 671. The van der Waals surface area contributed by atoms with E-state index in [9.17, 15) is 15.0 Å². The number of rotatable bonds is 4. The fourth-order valence-electron chi connectivity index (χ4n) is 2.89. The summed E-state index contributed by atoms with van der Waals surface area (Å²) in [7, 11) is 1.34. The van der Waals surface area contributed by atoms with E-state index in [0.29, 0.717) is 30.1 Å². The van der Waals surface area contributed by atoms with Gasteiger partial charge in [-0.2, -0.15) is 0 Å². The number of carbonyl (C=O) groups is 1. The first-order valence-corrected chi connectivity index (χ1v) is 8.78. The Labute approximate surface area is 150 Å². The maximum atomic E-state index is 12.4. The van der Waals surface area contributed by atoms with Crippen molar-refractivity contribution < 1.29 is 19.7 Å². The molecule has 2 N–H and O–H groups in total. The Balaban J connectivity index is 2.36. The van der Waals surface area contributed by atoms with Crippen molar-refractivity contribution in [2.75, 3.05) is 20.2 Å². The molecular weight excluding hydrogens is 350 g/mol. The minimum atomic E-state index is -1.56. The molecule has 1 saturated heterocycles. The minimum absolute atomic E-state index is 0.0207. The van der Waals surface area contributed by atoms with Crippen molar-refractivity contribution in [1.82, 2.24) is 4.90 Å². The van der Waals surface area contributed by atoms with E-state index < -0.39 is 18.3 Å². The molecule has 5 nitrogen and oxygen atoms in total. The Kier molecular flexibility index (Phi) is 6.80. The van der Waals surface area contributed by atoms with Gasteiger partial charge in [0.15, 0.2) is 6.29 Å². The topological polar surface area (TPSA) is 70.0 Å². The van der Waals surface area contributed by atoms with Crippen LogP contribution in [0.2, 0.25) is 5.02 Å². The maximum absolute atomic E-state index is 12.4. The standard InChI is InChI=1S/C17H20ClNO4S/c1-23-17(22)16(12-5-3-4-6-13(12)18)19-8-7-14(24-2)11(10-19)9-15(20)21/h2-6,9,14-16,20-21H,7-8,10H2,1H3/b11-9+/t14-,16+/m1/s1. The van der Waals surface area contributed by atoms with E-state index >= 15 is 0 Å². The molecule has 130 valence electrons. The van der Waals surface area contributed by atoms with Crippen molar-refractivity contribution >= 4 is 28.7 Å². The molecule has 1 aliphatic rings. The number of likely N-dealkylation sites (tertiary alicyclic amines) is 1. The lowest BCUT2D eigenvalue weighted by Crippen LogP contribution is -2.42. The predicted molar refractivity (Wildman–Crippen MR) is 95.0 cm³/mol. The van der Waals surface area contributed by atoms with E-state index in [1.54, 1.807) is 18.2 Å². The second kappa shape index (κ2) is 8.62. The number of hydrogen-bond acceptors (Lipinski definition) is 5. The molecule has 1 aromatic rings. The van der Waals surface area contributed by atoms with E-state index in [1.807, 2.05) is 11.0 Å². The van der Waals surface area contributed by atoms with Gasteiger partial charge >= 0.3 is 5.97 Å². The van der Waals surface area contributed by atoms with Gasteiger partial charge in [-0.05, 0) is 29.7 Å². The van der Waals surface area contributed by atoms with Crippen LogP contribution in [0.25, 0.3) is 0 Å². The van der Waals surface area contributed by atoms with Gasteiger partial charge in [-0.1, -0.05) is 29.8 Å². The fraction of sp³-hybridized carbons (Fsp3) is 0.412. The number of esters is 1. The molecule has 1 aliphatic heterocycles. The van der Waals surface area contributed by atoms with E-state index in [4.69, 9.17) is 22.0 Å². The lowest BCUT2D eigenvalue weighted by molar-refractivity contribution is -0.147. The summed E-state index contributed by atoms with van der Waals surface area (Å²) in [6.07, 6.45) is 0.474. The first-order chi connectivity index (χ1) is 11.5. The van der Waals surface area contributed by atoms with Crippen molar-refractivity contribution in [2.24, 2.45) is 0 Å². The Morgan fingerprint density at radius 2 is 2.21 bits per heavy atom. The van der Waals surface area contributed by atoms with Crippen LogP contribution in [0.4, 0.5) is 0 Å². The third kappa shape index (κ3) is 4.36. The lowest BCUT2D eigenvalue weighted by Gasteiger charge is -2.37. The predicted octanol–water partition coefficient (Wildman–Crippen LogP) is 2.19. The van der Waals surface area contributed by atoms with Crippen LogP contribution in [0.3, 0.4) is 0 Å². The average molecular weight is 370 g/mol. The molecule has 1 aromatic carbocycles. The molecule has 0 spiro atoms. The number of piperidine rings is 1. The number of benzene rings is 1. The van der Waals surface area contributed by atoms with Gasteiger partial charge < -0.3 is 14.9 Å². The molecule has 2 atom stereocenters. The highest BCUT2D eigenvalue weighted by molar-refractivity contribution is 7.89. The van der Waals surface area contributed by atoms with Gasteiger partial charge in [0, 0.05) is 18.1 Å². The molecule has 1 fully saturated rings. The average Bonchev–Trinajstić information content (AvgIpc) is 2.56. The number of hydrogen-bond donors (Lipinski definition) is 2. The molecule has 0 unspecified atom stereocenters. The maximum Gasteiger partial charge on any atom is 0.327 e. The largest absolute Gasteiger partial charge is 0.468 e. The van der Waals surface area contributed by atoms with Crippen molar-refractivity contribution in [3.05, 3.63) is 46.5 Å². The zero-order valence-corrected chi connectivity index (χ0v) is 14.8. The smallest absolute Gasteiger partial charge is 0.327 e. The van der Waals surface area contributed by atoms with Crippen molar-refractivity contribution in [1.29, 1.82) is 0 Å². The first-order valence-electron chi connectivity index (χ1n) is 7.46. The van der Waals surface area contributed by atoms with Crippen LogP contribution in [0.1, 0.15) is 18.0 Å². The van der Waals surface area contributed by atoms with Crippen molar-refractivity contribution in [3.8, 4) is 5.69 Å². The summed E-state index contributed by atoms with van der Waals surface area (Å²) in [5.74, 6) is -0.411. The zero-order valence-electron chi connectivity index (χ0n) is 13.3. The molecule has 7 heteroatoms. The monoisotopic (exact) mass is 369 g/mol. The second-order valence-electron chi connectivity index (χ2n) is 5.49. The van der Waals surface area contributed by atoms with E-state index in [0.717, 1.165) is 16.7 Å². The molecule has 0 bridgehead atoms. The summed E-state index contributed by atoms with van der Waals surface area (Å²) in [5.41, 5.74) is 7.12. The third-order valence-electron chi connectivity index (χ3n) is 3.99. The van der Waals surface area contributed by atoms with E-state index in [1.165, 1.54) is 13.2 Å². The Morgan fingerprint density at radius 1 is 1.50 bits per heavy atom. The number of halogens is 1. The van der Waals surface area contributed by atoms with Gasteiger partial charge in [-0.3, -0.25) is 4.90 Å². The normalized spacial score (nSPS) is 21.7. The van der Waals surface area contributed by atoms with Crippen LogP contribution in [0.15, 0.2) is 35.9 Å². The van der Waals surface area contributed by atoms with Crippen LogP contribution in [0, 0.1) is 5.69 Å². The summed E-state index contributed by atoms with van der Waals surface area (Å²) in [6.45, 7) is 0.982. The SMILES string of the molecule is C#S[C@@H]1CCN([C@H](C(=O)OC)c2ccccc2Cl)C/C1=C\C(O)O. The van der Waals surface area contributed by atoms with Crippen LogP contribution >= 0.6 is 22.8 Å². The van der Waals surface area contributed by atoms with Gasteiger partial charge in [-0.25, -0.2) is 4.79 Å². The minimum Gasteiger partial charge on any atom is -0.468 e. The van der Waals surface area contributed by atoms with Gasteiger partial charge in [-0.15, -0.1) is 16.9 Å². The fourth-order valence-corrected chi connectivity index (χ4v) is 3.70. The second-order valence-corrected chi connectivity index (χ2v) is 6.73. The molecular formula is C17H20ClNO4S. The molecule has 0 amide bonds. The van der Waals surface area contributed by atoms with E-state index in [2.05, 4.69) is 0 Å². The highest BCUT2D eigenvalue weighted by atomic mass is 35.5. The Hall–Kier alpha value is -1.40. The number of methoxy groups -OCH3 is 1. The number of ether oxygens (including phenoxy) is 1. The summed E-state index contributed by atoms with van der Waals surface area (Å²) >= 11 is 7.43. The summed E-state index contributed by atoms with van der Waals surface area (Å²) in [6, 6.07) is 6.46. The lowest BCUT2D eigenvalue weighted by atomic mass is 9.98. The van der Waals surface area contributed by atoms with Crippen LogP contribution in [0.5, 0.6) is 0 Å². The number of aliphatic hydroxyl groups excluding tert-OH is 1. The Morgan fingerprint density at radius 3 is 2.79 bits per heavy atom. The molecule has 1 heterocycles. The molecule has 0 radical (unpaired) electrons. The van der Waals surface area contributed by atoms with Gasteiger partial charge in [0.05, 0.1) is 12.4 Å². The molecule has 24 heavy (non-hydrogen) atoms. The van der Waals surface area contributed by atoms with Crippen LogP contribution < -0.4 is 0 Å². The first kappa shape index (κ1) is 18.9.